The Kier molecular flexibility index (Phi) is 3.48. The van der Waals surface area contributed by atoms with Crippen LogP contribution in [0.15, 0.2) is 18.5 Å². The molecule has 0 fully saturated rings. The zero-order valence-corrected chi connectivity index (χ0v) is 10.1. The number of halogens is 1. The topological polar surface area (TPSA) is 25.8 Å². The van der Waals surface area contributed by atoms with Gasteiger partial charge < -0.3 is 0 Å². The Labute approximate surface area is 78.7 Å². The van der Waals surface area contributed by atoms with E-state index in [1.807, 2.05) is 6.07 Å². The third kappa shape index (κ3) is 2.50. The third-order valence-corrected chi connectivity index (χ3v) is 12.9. The molecule has 66 valence electrons. The molecule has 0 bridgehead atoms. The van der Waals surface area contributed by atoms with Crippen molar-refractivity contribution in [2.45, 2.75) is 0 Å². The molecule has 2 nitrogen and oxygen atoms in total. The number of aromatic nitrogens is 2. The molecule has 0 spiro atoms. The summed E-state index contributed by atoms with van der Waals surface area (Å²) in [4.78, 5) is 8.40. The Hall–Kier alpha value is 0.540. The van der Waals surface area contributed by atoms with Gasteiger partial charge in [-0.1, -0.05) is 0 Å². The van der Waals surface area contributed by atoms with Gasteiger partial charge in [-0.15, -0.1) is 0 Å². The maximum absolute atomic E-state index is 5.89. The van der Waals surface area contributed by atoms with Crippen LogP contribution in [-0.2, 0) is 17.6 Å². The minimum absolute atomic E-state index is 0.154. The summed E-state index contributed by atoms with van der Waals surface area (Å²) < 4.78 is -1.14. The molecule has 5 heteroatoms. The van der Waals surface area contributed by atoms with Crippen molar-refractivity contribution in [2.75, 3.05) is 13.3 Å². The Bertz CT molecular complexity index is 282. The van der Waals surface area contributed by atoms with Crippen LogP contribution >= 0.6 is 13.9 Å². The second-order valence-corrected chi connectivity index (χ2v) is 16.2. The van der Waals surface area contributed by atoms with E-state index in [1.165, 1.54) is 0 Å². The minimum atomic E-state index is -1.14. The molecule has 1 rings (SSSR count). The van der Waals surface area contributed by atoms with E-state index in [2.05, 4.69) is 23.3 Å². The van der Waals surface area contributed by atoms with Gasteiger partial charge in [0.15, 0.2) is 0 Å². The fourth-order valence-corrected chi connectivity index (χ4v) is 3.65. The predicted octanol–water partition coefficient (Wildman–Crippen LogP) is 1.53. The van der Waals surface area contributed by atoms with Gasteiger partial charge in [-0.3, -0.25) is 0 Å². The van der Waals surface area contributed by atoms with E-state index < -0.39 is 4.69 Å². The van der Waals surface area contributed by atoms with E-state index in [-0.39, 0.29) is 17.6 Å². The van der Waals surface area contributed by atoms with Crippen LogP contribution in [0.2, 0.25) is 0 Å². The third-order valence-electron chi connectivity index (χ3n) is 1.14. The first kappa shape index (κ1) is 9.63. The van der Waals surface area contributed by atoms with Crippen LogP contribution in [0.5, 0.6) is 0 Å². The molecule has 0 radical (unpaired) electrons. The van der Waals surface area contributed by atoms with Crippen molar-refractivity contribution in [2.24, 2.45) is 0 Å². The Morgan fingerprint density at radius 1 is 1.36 bits per heavy atom. The maximum atomic E-state index is 5.89. The second-order valence-electron chi connectivity index (χ2n) is 2.33. The summed E-state index contributed by atoms with van der Waals surface area (Å²) in [5.41, 5.74) is 0.955. The summed E-state index contributed by atoms with van der Waals surface area (Å²) >= 11 is -0.154. The van der Waals surface area contributed by atoms with Crippen LogP contribution < -0.4 is 5.57 Å². The molecule has 0 amide bonds. The summed E-state index contributed by atoms with van der Waals surface area (Å²) in [5.74, 6) is 0. The monoisotopic (exact) mass is 372 g/mol. The molecule has 0 aliphatic heterocycles. The average molecular weight is 373 g/mol. The molecule has 0 saturated heterocycles. The number of hydrogen-bond acceptors (Lipinski definition) is 2. The van der Waals surface area contributed by atoms with Gasteiger partial charge in [0, 0.05) is 0 Å². The summed E-state index contributed by atoms with van der Waals surface area (Å²) in [5, 5.41) is 0. The first-order valence-corrected chi connectivity index (χ1v) is 11.1. The molecule has 11 heavy (non-hydrogen) atoms. The van der Waals surface area contributed by atoms with Gasteiger partial charge >= 0.3 is 78.8 Å². The van der Waals surface area contributed by atoms with Gasteiger partial charge in [0.25, 0.3) is 0 Å². The van der Waals surface area contributed by atoms with Crippen molar-refractivity contribution >= 4 is 19.4 Å². The molecule has 0 saturated carbocycles. The zero-order valence-electron chi connectivity index (χ0n) is 6.25. The van der Waals surface area contributed by atoms with Crippen molar-refractivity contribution in [1.29, 1.82) is 0 Å². The molecular formula is C6H9AuClN2P. The van der Waals surface area contributed by atoms with E-state index in [4.69, 9.17) is 9.19 Å². The fraction of sp³-hybridized carbons (Fsp3) is 0.333. The molecular weight excluding hydrogens is 363 g/mol. The van der Waals surface area contributed by atoms with Gasteiger partial charge in [0.2, 0.25) is 0 Å². The summed E-state index contributed by atoms with van der Waals surface area (Å²) in [6, 6.07) is 1.83. The van der Waals surface area contributed by atoms with Crippen molar-refractivity contribution in [3.63, 3.8) is 0 Å². The molecule has 0 aliphatic carbocycles. The van der Waals surface area contributed by atoms with Crippen molar-refractivity contribution < 1.29 is 17.6 Å². The molecule has 1 heterocycles. The first-order chi connectivity index (χ1) is 5.17. The van der Waals surface area contributed by atoms with E-state index in [0.29, 0.717) is 0 Å². The standard InChI is InChI=1S/C6H9N2P.Au.ClH/c1-9(2)6-7-4-3-5-8-6;;/h3-5H,1-2H3;;1H/q;+1;/p-1. The van der Waals surface area contributed by atoms with E-state index >= 15 is 0 Å². The number of nitrogens with zero attached hydrogens (tertiary/aromatic N) is 2. The quantitative estimate of drug-likeness (QED) is 0.552. The summed E-state index contributed by atoms with van der Waals surface area (Å²) in [6.07, 6.45) is 3.55. The second kappa shape index (κ2) is 3.97. The van der Waals surface area contributed by atoms with Gasteiger partial charge in [-0.05, 0) is 0 Å². The SMILES string of the molecule is C[P](C)(=[Au][Cl])c1ncccn1. The van der Waals surface area contributed by atoms with Gasteiger partial charge in [0.05, 0.1) is 0 Å². The van der Waals surface area contributed by atoms with E-state index in [0.717, 1.165) is 5.57 Å². The average Bonchev–Trinajstić information content (AvgIpc) is 2.06. The first-order valence-electron chi connectivity index (χ1n) is 3.00. The molecule has 0 N–H and O–H groups in total. The normalized spacial score (nSPS) is 11.9. The van der Waals surface area contributed by atoms with Crippen molar-refractivity contribution in [3.8, 4) is 0 Å². The zero-order chi connectivity index (χ0) is 8.32. The Balaban J connectivity index is 3.14. The molecule has 0 unspecified atom stereocenters. The Morgan fingerprint density at radius 3 is 2.36 bits per heavy atom. The van der Waals surface area contributed by atoms with Crippen LogP contribution in [0.4, 0.5) is 0 Å². The molecule has 0 atom stereocenters. The van der Waals surface area contributed by atoms with Crippen LogP contribution in [0.3, 0.4) is 0 Å². The molecule has 0 aliphatic rings. The van der Waals surface area contributed by atoms with Gasteiger partial charge in [0.1, 0.15) is 0 Å². The van der Waals surface area contributed by atoms with E-state index in [1.54, 1.807) is 12.4 Å². The van der Waals surface area contributed by atoms with Gasteiger partial charge in [-0.25, -0.2) is 0 Å². The van der Waals surface area contributed by atoms with Crippen molar-refractivity contribution in [1.82, 2.24) is 9.97 Å². The number of hydrogen-bond donors (Lipinski definition) is 0. The molecule has 1 aromatic heterocycles. The number of rotatable bonds is 1. The fourth-order valence-electron chi connectivity index (χ4n) is 0.580. The van der Waals surface area contributed by atoms with E-state index in [9.17, 15) is 0 Å². The van der Waals surface area contributed by atoms with Crippen LogP contribution in [0.25, 0.3) is 0 Å². The van der Waals surface area contributed by atoms with Crippen molar-refractivity contribution in [3.05, 3.63) is 18.5 Å². The summed E-state index contributed by atoms with van der Waals surface area (Å²) in [7, 11) is 5.89. The van der Waals surface area contributed by atoms with Crippen LogP contribution in [0.1, 0.15) is 0 Å². The van der Waals surface area contributed by atoms with Crippen LogP contribution in [0, 0.1) is 0 Å². The van der Waals surface area contributed by atoms with Crippen LogP contribution in [-0.4, -0.2) is 23.3 Å². The summed E-state index contributed by atoms with van der Waals surface area (Å²) in [6.45, 7) is 4.35. The molecule has 1 aromatic rings. The molecule has 0 aromatic carbocycles. The predicted molar refractivity (Wildman–Crippen MR) is 46.3 cm³/mol. The Morgan fingerprint density at radius 2 is 1.91 bits per heavy atom. The van der Waals surface area contributed by atoms with Gasteiger partial charge in [-0.2, -0.15) is 0 Å².